The molecule has 13 heavy (non-hydrogen) atoms. The zero-order valence-electron chi connectivity index (χ0n) is 7.57. The van der Waals surface area contributed by atoms with Gasteiger partial charge < -0.3 is 0 Å². The third kappa shape index (κ3) is 1.11. The first-order valence-electron chi connectivity index (χ1n) is 4.64. The molecule has 66 valence electrons. The lowest BCUT2D eigenvalue weighted by molar-refractivity contribution is 1.05. The van der Waals surface area contributed by atoms with Crippen molar-refractivity contribution in [3.8, 4) is 0 Å². The summed E-state index contributed by atoms with van der Waals surface area (Å²) >= 11 is 0. The van der Waals surface area contributed by atoms with Crippen LogP contribution >= 0.6 is 0 Å². The van der Waals surface area contributed by atoms with Gasteiger partial charge in [0.15, 0.2) is 0 Å². The zero-order chi connectivity index (χ0) is 8.84. The van der Waals surface area contributed by atoms with Gasteiger partial charge in [0.25, 0.3) is 0 Å². The molecule has 0 spiro atoms. The Labute approximate surface area is 76.4 Å². The van der Waals surface area contributed by atoms with E-state index in [1.165, 1.54) is 24.1 Å². The van der Waals surface area contributed by atoms with Crippen LogP contribution in [-0.4, -0.2) is 14.4 Å². The number of hydrogen-bond acceptors (Lipinski definition) is 2. The number of imidazole rings is 1. The van der Waals surface area contributed by atoms with Gasteiger partial charge in [-0.2, -0.15) is 0 Å². The second kappa shape index (κ2) is 2.31. The van der Waals surface area contributed by atoms with Gasteiger partial charge >= 0.3 is 0 Å². The second-order valence-corrected chi connectivity index (χ2v) is 3.78. The van der Waals surface area contributed by atoms with Crippen molar-refractivity contribution < 1.29 is 0 Å². The molecule has 3 heteroatoms. The van der Waals surface area contributed by atoms with E-state index in [4.69, 9.17) is 0 Å². The summed E-state index contributed by atoms with van der Waals surface area (Å²) in [7, 11) is 0. The van der Waals surface area contributed by atoms with E-state index in [9.17, 15) is 0 Å². The minimum absolute atomic E-state index is 0.710. The third-order valence-corrected chi connectivity index (χ3v) is 2.45. The molecule has 3 nitrogen and oxygen atoms in total. The molecule has 1 saturated carbocycles. The van der Waals surface area contributed by atoms with Crippen molar-refractivity contribution in [1.82, 2.24) is 14.4 Å². The van der Waals surface area contributed by atoms with Gasteiger partial charge in [0.2, 0.25) is 5.78 Å². The summed E-state index contributed by atoms with van der Waals surface area (Å²) in [6, 6.07) is 0. The molecule has 0 atom stereocenters. The molecular weight excluding hydrogens is 162 g/mol. The van der Waals surface area contributed by atoms with Crippen LogP contribution in [0.5, 0.6) is 0 Å². The minimum Gasteiger partial charge on any atom is -0.291 e. The molecule has 0 unspecified atom stereocenters. The summed E-state index contributed by atoms with van der Waals surface area (Å²) < 4.78 is 2.02. The quantitative estimate of drug-likeness (QED) is 0.659. The maximum Gasteiger partial charge on any atom is 0.233 e. The van der Waals surface area contributed by atoms with Crippen molar-refractivity contribution in [3.63, 3.8) is 0 Å². The van der Waals surface area contributed by atoms with E-state index in [1.807, 2.05) is 17.5 Å². The number of aryl methyl sites for hydroxylation is 1. The molecule has 1 aliphatic rings. The van der Waals surface area contributed by atoms with E-state index in [0.29, 0.717) is 5.92 Å². The van der Waals surface area contributed by atoms with Crippen LogP contribution in [0.1, 0.15) is 30.0 Å². The minimum atomic E-state index is 0.710. The van der Waals surface area contributed by atoms with Crippen molar-refractivity contribution >= 4 is 5.78 Å². The Bertz CT molecular complexity index is 454. The van der Waals surface area contributed by atoms with Crippen molar-refractivity contribution in [2.75, 3.05) is 0 Å². The first-order valence-corrected chi connectivity index (χ1v) is 4.64. The maximum absolute atomic E-state index is 4.47. The highest BCUT2D eigenvalue weighted by molar-refractivity contribution is 5.33. The third-order valence-electron chi connectivity index (χ3n) is 2.45. The Hall–Kier alpha value is -1.38. The molecule has 2 aromatic heterocycles. The van der Waals surface area contributed by atoms with Crippen LogP contribution in [0.15, 0.2) is 18.6 Å². The fraction of sp³-hybridized carbons (Fsp3) is 0.400. The average molecular weight is 173 g/mol. The van der Waals surface area contributed by atoms with Gasteiger partial charge in [-0.05, 0) is 25.3 Å². The molecule has 0 radical (unpaired) electrons. The molecular formula is C10H11N3. The van der Waals surface area contributed by atoms with E-state index in [2.05, 4.69) is 22.4 Å². The Balaban J connectivity index is 2.20. The summed E-state index contributed by atoms with van der Waals surface area (Å²) in [6.45, 7) is 2.04. The van der Waals surface area contributed by atoms with Crippen molar-refractivity contribution in [1.29, 1.82) is 0 Å². The van der Waals surface area contributed by atoms with Gasteiger partial charge in [-0.1, -0.05) is 0 Å². The average Bonchev–Trinajstić information content (AvgIpc) is 2.87. The lowest BCUT2D eigenvalue weighted by Gasteiger charge is -1.91. The number of nitrogens with zero attached hydrogens (tertiary/aromatic N) is 3. The fourth-order valence-electron chi connectivity index (χ4n) is 1.58. The Morgan fingerprint density at radius 1 is 1.38 bits per heavy atom. The zero-order valence-corrected chi connectivity index (χ0v) is 7.57. The molecule has 0 bridgehead atoms. The maximum atomic E-state index is 4.47. The highest BCUT2D eigenvalue weighted by Gasteiger charge is 2.26. The van der Waals surface area contributed by atoms with Crippen LogP contribution in [-0.2, 0) is 0 Å². The van der Waals surface area contributed by atoms with E-state index < -0.39 is 0 Å². The molecule has 2 aromatic rings. The summed E-state index contributed by atoms with van der Waals surface area (Å²) in [5.74, 6) is 1.54. The van der Waals surface area contributed by atoms with Crippen molar-refractivity contribution in [2.45, 2.75) is 25.7 Å². The predicted octanol–water partition coefficient (Wildman–Crippen LogP) is 1.92. The smallest absolute Gasteiger partial charge is 0.233 e. The van der Waals surface area contributed by atoms with Crippen LogP contribution in [0.25, 0.3) is 5.78 Å². The molecule has 3 rings (SSSR count). The Morgan fingerprint density at radius 2 is 2.23 bits per heavy atom. The van der Waals surface area contributed by atoms with Crippen LogP contribution in [0, 0.1) is 6.92 Å². The molecule has 0 saturated heterocycles. The monoisotopic (exact) mass is 173 g/mol. The first-order chi connectivity index (χ1) is 6.33. The van der Waals surface area contributed by atoms with E-state index in [-0.39, 0.29) is 0 Å². The number of rotatable bonds is 1. The Kier molecular flexibility index (Phi) is 1.26. The van der Waals surface area contributed by atoms with Crippen LogP contribution in [0.2, 0.25) is 0 Å². The lowest BCUT2D eigenvalue weighted by Crippen LogP contribution is -1.87. The lowest BCUT2D eigenvalue weighted by atomic mass is 10.3. The topological polar surface area (TPSA) is 30.2 Å². The predicted molar refractivity (Wildman–Crippen MR) is 49.7 cm³/mol. The molecule has 0 aromatic carbocycles. The number of fused-ring (bicyclic) bond motifs is 1. The van der Waals surface area contributed by atoms with Crippen LogP contribution < -0.4 is 0 Å². The van der Waals surface area contributed by atoms with E-state index >= 15 is 0 Å². The number of aromatic nitrogens is 3. The van der Waals surface area contributed by atoms with E-state index in [0.717, 1.165) is 5.78 Å². The molecule has 0 N–H and O–H groups in total. The van der Waals surface area contributed by atoms with Crippen LogP contribution in [0.3, 0.4) is 0 Å². The normalized spacial score (nSPS) is 16.7. The fourth-order valence-corrected chi connectivity index (χ4v) is 1.58. The van der Waals surface area contributed by atoms with Crippen molar-refractivity contribution in [3.05, 3.63) is 29.8 Å². The van der Waals surface area contributed by atoms with Crippen molar-refractivity contribution in [2.24, 2.45) is 0 Å². The van der Waals surface area contributed by atoms with Gasteiger partial charge in [-0.15, -0.1) is 0 Å². The highest BCUT2D eigenvalue weighted by atomic mass is 15.1. The number of hydrogen-bond donors (Lipinski definition) is 0. The van der Waals surface area contributed by atoms with Gasteiger partial charge in [0.05, 0.1) is 5.69 Å². The summed E-state index contributed by atoms with van der Waals surface area (Å²) in [5, 5.41) is 0. The first kappa shape index (κ1) is 7.06. The van der Waals surface area contributed by atoms with Gasteiger partial charge in [-0.3, -0.25) is 4.40 Å². The van der Waals surface area contributed by atoms with E-state index in [1.54, 1.807) is 0 Å². The van der Waals surface area contributed by atoms with Gasteiger partial charge in [0, 0.05) is 24.5 Å². The highest BCUT2D eigenvalue weighted by Crippen LogP contribution is 2.39. The van der Waals surface area contributed by atoms with Crippen LogP contribution in [0.4, 0.5) is 0 Å². The summed E-state index contributed by atoms with van der Waals surface area (Å²) in [5.41, 5.74) is 2.38. The molecule has 2 heterocycles. The van der Waals surface area contributed by atoms with Gasteiger partial charge in [0.1, 0.15) is 0 Å². The SMILES string of the molecule is Cc1cnc2nc(C3CC3)cn2c1. The Morgan fingerprint density at radius 3 is 3.00 bits per heavy atom. The molecule has 1 aliphatic carbocycles. The molecule has 1 fully saturated rings. The summed E-state index contributed by atoms with van der Waals surface area (Å²) in [4.78, 5) is 8.73. The standard InChI is InChI=1S/C10H11N3/c1-7-4-11-10-12-9(8-2-3-8)6-13(10)5-7/h4-6,8H,2-3H2,1H3. The molecule has 0 amide bonds. The largest absolute Gasteiger partial charge is 0.291 e. The van der Waals surface area contributed by atoms with Gasteiger partial charge in [-0.25, -0.2) is 9.97 Å². The summed E-state index contributed by atoms with van der Waals surface area (Å²) in [6.07, 6.45) is 8.62. The molecule has 0 aliphatic heterocycles. The second-order valence-electron chi connectivity index (χ2n) is 3.78.